The lowest BCUT2D eigenvalue weighted by Crippen LogP contribution is -2.31. The number of thiazole rings is 1. The van der Waals surface area contributed by atoms with Gasteiger partial charge in [0.1, 0.15) is 0 Å². The van der Waals surface area contributed by atoms with E-state index in [-0.39, 0.29) is 6.03 Å². The number of anilines is 1. The molecule has 0 atom stereocenters. The van der Waals surface area contributed by atoms with E-state index in [1.165, 1.54) is 11.3 Å². The summed E-state index contributed by atoms with van der Waals surface area (Å²) in [5, 5.41) is 5.86. The number of carbonyl (C=O) groups is 1. The van der Waals surface area contributed by atoms with E-state index in [0.29, 0.717) is 29.8 Å². The smallest absolute Gasteiger partial charge is 0.321 e. The highest BCUT2D eigenvalue weighted by molar-refractivity contribution is 7.22. The summed E-state index contributed by atoms with van der Waals surface area (Å²) in [6.45, 7) is 0.899. The molecule has 0 bridgehead atoms. The van der Waals surface area contributed by atoms with Crippen LogP contribution in [0.2, 0.25) is 0 Å². The molecule has 1 aromatic heterocycles. The van der Waals surface area contributed by atoms with Crippen molar-refractivity contribution < 1.29 is 19.0 Å². The zero-order valence-electron chi connectivity index (χ0n) is 12.1. The number of hydrogen-bond donors (Lipinski definition) is 2. The Balaban J connectivity index is 2.13. The maximum absolute atomic E-state index is 11.6. The summed E-state index contributed by atoms with van der Waals surface area (Å²) in [5.41, 5.74) is 0.741. The molecule has 2 amide bonds. The standard InChI is InChI=1S/C13H17N3O4S/c1-18-5-4-14-12(17)16-13-15-8-6-9(19-2)10(20-3)7-11(8)21-13/h6-7H,4-5H2,1-3H3,(H2,14,15,16,17). The van der Waals surface area contributed by atoms with E-state index in [1.54, 1.807) is 27.4 Å². The molecule has 0 aliphatic heterocycles. The molecule has 0 saturated heterocycles. The summed E-state index contributed by atoms with van der Waals surface area (Å²) in [6.07, 6.45) is 0. The number of nitrogens with one attached hydrogen (secondary N) is 2. The van der Waals surface area contributed by atoms with E-state index in [4.69, 9.17) is 14.2 Å². The van der Waals surface area contributed by atoms with Crippen LogP contribution in [0.25, 0.3) is 10.2 Å². The minimum Gasteiger partial charge on any atom is -0.493 e. The molecular weight excluding hydrogens is 294 g/mol. The largest absolute Gasteiger partial charge is 0.493 e. The van der Waals surface area contributed by atoms with Crippen molar-refractivity contribution in [3.63, 3.8) is 0 Å². The van der Waals surface area contributed by atoms with Gasteiger partial charge in [0.2, 0.25) is 0 Å². The quantitative estimate of drug-likeness (QED) is 0.798. The molecule has 2 rings (SSSR count). The maximum Gasteiger partial charge on any atom is 0.321 e. The van der Waals surface area contributed by atoms with Crippen molar-refractivity contribution in [2.24, 2.45) is 0 Å². The van der Waals surface area contributed by atoms with Gasteiger partial charge in [-0.1, -0.05) is 11.3 Å². The number of amides is 2. The van der Waals surface area contributed by atoms with Gasteiger partial charge in [0.15, 0.2) is 16.6 Å². The van der Waals surface area contributed by atoms with E-state index >= 15 is 0 Å². The first-order chi connectivity index (χ1) is 10.2. The van der Waals surface area contributed by atoms with Crippen LogP contribution in [0.15, 0.2) is 12.1 Å². The molecule has 0 saturated carbocycles. The molecule has 7 nitrogen and oxygen atoms in total. The van der Waals surface area contributed by atoms with Gasteiger partial charge in [-0.05, 0) is 0 Å². The monoisotopic (exact) mass is 311 g/mol. The summed E-state index contributed by atoms with van der Waals surface area (Å²) in [6, 6.07) is 3.29. The van der Waals surface area contributed by atoms with Crippen LogP contribution in [0.1, 0.15) is 0 Å². The zero-order chi connectivity index (χ0) is 15.2. The summed E-state index contributed by atoms with van der Waals surface area (Å²) in [4.78, 5) is 16.0. The van der Waals surface area contributed by atoms with E-state index in [0.717, 1.165) is 10.2 Å². The van der Waals surface area contributed by atoms with Crippen molar-refractivity contribution in [2.45, 2.75) is 0 Å². The van der Waals surface area contributed by atoms with Crippen LogP contribution in [-0.2, 0) is 4.74 Å². The lowest BCUT2D eigenvalue weighted by Gasteiger charge is -2.05. The van der Waals surface area contributed by atoms with Crippen molar-refractivity contribution in [1.29, 1.82) is 0 Å². The number of fused-ring (bicyclic) bond motifs is 1. The predicted octanol–water partition coefficient (Wildman–Crippen LogP) is 2.08. The van der Waals surface area contributed by atoms with E-state index < -0.39 is 0 Å². The van der Waals surface area contributed by atoms with E-state index in [1.807, 2.05) is 6.07 Å². The van der Waals surface area contributed by atoms with Crippen LogP contribution in [-0.4, -0.2) is 45.5 Å². The number of urea groups is 1. The molecule has 2 N–H and O–H groups in total. The minimum absolute atomic E-state index is 0.315. The van der Waals surface area contributed by atoms with Crippen LogP contribution in [0.4, 0.5) is 9.93 Å². The van der Waals surface area contributed by atoms with Crippen molar-refractivity contribution in [2.75, 3.05) is 39.8 Å². The fourth-order valence-electron chi connectivity index (χ4n) is 1.72. The average molecular weight is 311 g/mol. The fraction of sp³-hybridized carbons (Fsp3) is 0.385. The molecule has 0 radical (unpaired) electrons. The molecule has 8 heteroatoms. The third-order valence-corrected chi connectivity index (χ3v) is 3.64. The molecule has 114 valence electrons. The highest BCUT2D eigenvalue weighted by Crippen LogP contribution is 2.36. The topological polar surface area (TPSA) is 81.7 Å². The number of ether oxygens (including phenoxy) is 3. The third kappa shape index (κ3) is 3.73. The van der Waals surface area contributed by atoms with Crippen molar-refractivity contribution in [3.8, 4) is 11.5 Å². The van der Waals surface area contributed by atoms with Crippen LogP contribution >= 0.6 is 11.3 Å². The highest BCUT2D eigenvalue weighted by Gasteiger charge is 2.12. The number of methoxy groups -OCH3 is 3. The van der Waals surface area contributed by atoms with Gasteiger partial charge in [0.05, 0.1) is 31.0 Å². The lowest BCUT2D eigenvalue weighted by molar-refractivity contribution is 0.198. The van der Waals surface area contributed by atoms with Gasteiger partial charge < -0.3 is 19.5 Å². The first kappa shape index (κ1) is 15.3. The fourth-order valence-corrected chi connectivity index (χ4v) is 2.59. The second-order valence-electron chi connectivity index (χ2n) is 4.07. The van der Waals surface area contributed by atoms with Gasteiger partial charge in [0, 0.05) is 25.8 Å². The third-order valence-electron chi connectivity index (χ3n) is 2.71. The van der Waals surface area contributed by atoms with Gasteiger partial charge in [-0.25, -0.2) is 9.78 Å². The van der Waals surface area contributed by atoms with Gasteiger partial charge >= 0.3 is 6.03 Å². The number of carbonyl (C=O) groups excluding carboxylic acids is 1. The Morgan fingerprint density at radius 1 is 1.24 bits per heavy atom. The Labute approximate surface area is 126 Å². The SMILES string of the molecule is COCCNC(=O)Nc1nc2cc(OC)c(OC)cc2s1. The lowest BCUT2D eigenvalue weighted by atomic mass is 10.3. The number of nitrogens with zero attached hydrogens (tertiary/aromatic N) is 1. The zero-order valence-corrected chi connectivity index (χ0v) is 12.9. The Kier molecular flexibility index (Phi) is 5.18. The molecule has 0 aliphatic carbocycles. The second kappa shape index (κ2) is 7.09. The number of aromatic nitrogens is 1. The minimum atomic E-state index is -0.315. The number of hydrogen-bond acceptors (Lipinski definition) is 6. The van der Waals surface area contributed by atoms with Crippen LogP contribution < -0.4 is 20.1 Å². The Morgan fingerprint density at radius 3 is 2.62 bits per heavy atom. The molecule has 0 fully saturated rings. The average Bonchev–Trinajstić information content (AvgIpc) is 2.86. The number of benzene rings is 1. The first-order valence-electron chi connectivity index (χ1n) is 6.24. The van der Waals surface area contributed by atoms with Gasteiger partial charge in [-0.2, -0.15) is 0 Å². The molecule has 0 unspecified atom stereocenters. The predicted molar refractivity (Wildman–Crippen MR) is 81.6 cm³/mol. The Bertz CT molecular complexity index is 588. The summed E-state index contributed by atoms with van der Waals surface area (Å²) in [5.74, 6) is 1.23. The van der Waals surface area contributed by atoms with Crippen molar-refractivity contribution in [3.05, 3.63) is 12.1 Å². The number of rotatable bonds is 6. The summed E-state index contributed by atoms with van der Waals surface area (Å²) in [7, 11) is 4.72. The van der Waals surface area contributed by atoms with Gasteiger partial charge in [0.25, 0.3) is 0 Å². The van der Waals surface area contributed by atoms with Gasteiger partial charge in [-0.15, -0.1) is 0 Å². The maximum atomic E-state index is 11.6. The molecule has 1 aromatic carbocycles. The van der Waals surface area contributed by atoms with E-state index in [2.05, 4.69) is 15.6 Å². The van der Waals surface area contributed by atoms with Crippen LogP contribution in [0.5, 0.6) is 11.5 Å². The molecular formula is C13H17N3O4S. The molecule has 2 aromatic rings. The normalized spacial score (nSPS) is 10.4. The molecule has 1 heterocycles. The molecule has 0 aliphatic rings. The highest BCUT2D eigenvalue weighted by atomic mass is 32.1. The Hall–Kier alpha value is -2.06. The van der Waals surface area contributed by atoms with Crippen LogP contribution in [0.3, 0.4) is 0 Å². The molecule has 21 heavy (non-hydrogen) atoms. The molecule has 0 spiro atoms. The van der Waals surface area contributed by atoms with E-state index in [9.17, 15) is 4.79 Å². The van der Waals surface area contributed by atoms with Crippen LogP contribution in [0, 0.1) is 0 Å². The second-order valence-corrected chi connectivity index (χ2v) is 5.10. The summed E-state index contributed by atoms with van der Waals surface area (Å²) >= 11 is 1.36. The van der Waals surface area contributed by atoms with Crippen molar-refractivity contribution >= 4 is 32.7 Å². The summed E-state index contributed by atoms with van der Waals surface area (Å²) < 4.78 is 16.2. The van der Waals surface area contributed by atoms with Gasteiger partial charge in [-0.3, -0.25) is 5.32 Å². The first-order valence-corrected chi connectivity index (χ1v) is 7.06. The van der Waals surface area contributed by atoms with Crippen molar-refractivity contribution in [1.82, 2.24) is 10.3 Å². The Morgan fingerprint density at radius 2 is 1.95 bits per heavy atom.